The maximum absolute atomic E-state index is 12.4. The van der Waals surface area contributed by atoms with Crippen molar-refractivity contribution in [3.63, 3.8) is 0 Å². The molecule has 2 amide bonds. The summed E-state index contributed by atoms with van der Waals surface area (Å²) < 4.78 is 16.2. The molecule has 0 spiro atoms. The van der Waals surface area contributed by atoms with E-state index in [-0.39, 0.29) is 11.1 Å². The van der Waals surface area contributed by atoms with Crippen LogP contribution in [0.3, 0.4) is 0 Å². The number of thiophene rings is 1. The second-order valence-corrected chi connectivity index (χ2v) is 7.55. The Bertz CT molecular complexity index is 893. The van der Waals surface area contributed by atoms with Crippen LogP contribution in [0.4, 0.5) is 5.00 Å². The lowest BCUT2D eigenvalue weighted by Gasteiger charge is -2.15. The molecular weight excluding hydrogens is 396 g/mol. The van der Waals surface area contributed by atoms with Crippen molar-refractivity contribution in [1.82, 2.24) is 0 Å². The van der Waals surface area contributed by atoms with E-state index in [9.17, 15) is 14.4 Å². The Labute approximate surface area is 172 Å². The van der Waals surface area contributed by atoms with Crippen LogP contribution in [-0.4, -0.2) is 37.6 Å². The molecule has 0 unspecified atom stereocenters. The summed E-state index contributed by atoms with van der Waals surface area (Å²) in [5, 5.41) is 4.48. The van der Waals surface area contributed by atoms with Gasteiger partial charge in [0, 0.05) is 0 Å². The molecule has 2 aromatic rings. The largest absolute Gasteiger partial charge is 0.493 e. The molecular formula is C20H24N2O6S. The molecule has 1 heterocycles. The van der Waals surface area contributed by atoms with Crippen LogP contribution in [0.25, 0.3) is 0 Å². The zero-order valence-corrected chi connectivity index (χ0v) is 17.5. The van der Waals surface area contributed by atoms with E-state index >= 15 is 0 Å². The molecule has 0 radical (unpaired) electrons. The molecule has 3 N–H and O–H groups in total. The summed E-state index contributed by atoms with van der Waals surface area (Å²) >= 11 is 1.15. The molecule has 1 atom stereocenters. The number of carbonyl (C=O) groups is 3. The molecule has 156 valence electrons. The van der Waals surface area contributed by atoms with Gasteiger partial charge in [-0.3, -0.25) is 9.59 Å². The van der Waals surface area contributed by atoms with E-state index in [1.807, 2.05) is 13.8 Å². The quantitative estimate of drug-likeness (QED) is 0.602. The Hall–Kier alpha value is -3.07. The predicted molar refractivity (Wildman–Crippen MR) is 110 cm³/mol. The number of anilines is 1. The van der Waals surface area contributed by atoms with Gasteiger partial charge in [0.2, 0.25) is 0 Å². The number of nitrogens with one attached hydrogen (secondary N) is 1. The molecule has 0 fully saturated rings. The van der Waals surface area contributed by atoms with Gasteiger partial charge in [-0.1, -0.05) is 13.8 Å². The van der Waals surface area contributed by atoms with E-state index in [2.05, 4.69) is 5.32 Å². The second-order valence-electron chi connectivity index (χ2n) is 6.63. The molecule has 0 aliphatic carbocycles. The zero-order chi connectivity index (χ0) is 21.6. The Morgan fingerprint density at radius 3 is 2.48 bits per heavy atom. The molecule has 29 heavy (non-hydrogen) atoms. The van der Waals surface area contributed by atoms with Gasteiger partial charge in [0.15, 0.2) is 17.6 Å². The summed E-state index contributed by atoms with van der Waals surface area (Å²) in [5.41, 5.74) is 5.67. The molecule has 1 aromatic heterocycles. The van der Waals surface area contributed by atoms with E-state index in [1.54, 1.807) is 11.4 Å². The molecule has 0 saturated heterocycles. The van der Waals surface area contributed by atoms with Crippen LogP contribution in [0.5, 0.6) is 11.5 Å². The van der Waals surface area contributed by atoms with Crippen molar-refractivity contribution in [2.24, 2.45) is 11.7 Å². The third kappa shape index (κ3) is 5.95. The van der Waals surface area contributed by atoms with E-state index in [4.69, 9.17) is 19.9 Å². The highest BCUT2D eigenvalue weighted by Crippen LogP contribution is 2.29. The maximum atomic E-state index is 12.4. The fraction of sp³-hybridized carbons (Fsp3) is 0.350. The maximum Gasteiger partial charge on any atom is 0.339 e. The highest BCUT2D eigenvalue weighted by Gasteiger charge is 2.22. The van der Waals surface area contributed by atoms with Gasteiger partial charge in [-0.25, -0.2) is 4.79 Å². The first kappa shape index (κ1) is 22.2. The normalized spacial score (nSPS) is 11.6. The Morgan fingerprint density at radius 1 is 1.14 bits per heavy atom. The molecule has 0 bridgehead atoms. The fourth-order valence-electron chi connectivity index (χ4n) is 2.27. The van der Waals surface area contributed by atoms with E-state index in [1.165, 1.54) is 32.2 Å². The summed E-state index contributed by atoms with van der Waals surface area (Å²) in [6.45, 7) is 5.98. The van der Waals surface area contributed by atoms with Gasteiger partial charge < -0.3 is 25.3 Å². The molecule has 8 nitrogen and oxygen atoms in total. The number of methoxy groups -OCH3 is 1. The second kappa shape index (κ2) is 9.92. The van der Waals surface area contributed by atoms with E-state index in [0.717, 1.165) is 11.3 Å². The molecule has 0 aliphatic heterocycles. The number of benzene rings is 1. The Morgan fingerprint density at radius 2 is 1.86 bits per heavy atom. The van der Waals surface area contributed by atoms with Gasteiger partial charge in [0.1, 0.15) is 5.00 Å². The highest BCUT2D eigenvalue weighted by molar-refractivity contribution is 7.14. The van der Waals surface area contributed by atoms with Gasteiger partial charge >= 0.3 is 5.97 Å². The lowest BCUT2D eigenvalue weighted by molar-refractivity contribution is -0.123. The van der Waals surface area contributed by atoms with E-state index < -0.39 is 23.9 Å². The number of amides is 2. The first-order chi connectivity index (χ1) is 13.7. The van der Waals surface area contributed by atoms with Crippen molar-refractivity contribution >= 4 is 34.1 Å². The first-order valence-electron chi connectivity index (χ1n) is 8.92. The fourth-order valence-corrected chi connectivity index (χ4v) is 3.06. The number of hydrogen-bond acceptors (Lipinski definition) is 7. The summed E-state index contributed by atoms with van der Waals surface area (Å²) in [6, 6.07) is 6.16. The Kier molecular flexibility index (Phi) is 7.60. The third-order valence-corrected chi connectivity index (χ3v) is 4.62. The first-order valence-corrected chi connectivity index (χ1v) is 9.80. The van der Waals surface area contributed by atoms with Crippen molar-refractivity contribution in [1.29, 1.82) is 0 Å². The van der Waals surface area contributed by atoms with Crippen LogP contribution < -0.4 is 20.5 Å². The summed E-state index contributed by atoms with van der Waals surface area (Å²) in [5.74, 6) is -0.683. The predicted octanol–water partition coefficient (Wildman–Crippen LogP) is 3.07. The van der Waals surface area contributed by atoms with Gasteiger partial charge in [-0.2, -0.15) is 0 Å². The van der Waals surface area contributed by atoms with Gasteiger partial charge in [0.25, 0.3) is 11.8 Å². The monoisotopic (exact) mass is 420 g/mol. The van der Waals surface area contributed by atoms with Crippen molar-refractivity contribution in [2.75, 3.05) is 19.0 Å². The number of primary amides is 1. The summed E-state index contributed by atoms with van der Waals surface area (Å²) in [7, 11) is 1.47. The van der Waals surface area contributed by atoms with Crippen LogP contribution in [0, 0.1) is 5.92 Å². The lowest BCUT2D eigenvalue weighted by Crippen LogP contribution is -2.30. The minimum Gasteiger partial charge on any atom is -0.493 e. The SMILES string of the molecule is COc1cc(C(=O)O[C@H](C)C(=O)Nc2sccc2C(N)=O)ccc1OCC(C)C. The van der Waals surface area contributed by atoms with Crippen LogP contribution in [0.1, 0.15) is 41.5 Å². The Balaban J connectivity index is 2.03. The van der Waals surface area contributed by atoms with Crippen molar-refractivity contribution in [3.05, 3.63) is 40.8 Å². The number of rotatable bonds is 9. The average molecular weight is 420 g/mol. The van der Waals surface area contributed by atoms with Crippen LogP contribution in [-0.2, 0) is 9.53 Å². The number of carbonyl (C=O) groups excluding carboxylic acids is 3. The molecule has 0 aliphatic rings. The molecule has 2 rings (SSSR count). The molecule has 0 saturated carbocycles. The number of nitrogens with two attached hydrogens (primary N) is 1. The molecule has 9 heteroatoms. The highest BCUT2D eigenvalue weighted by atomic mass is 32.1. The average Bonchev–Trinajstić information content (AvgIpc) is 3.14. The van der Waals surface area contributed by atoms with Crippen molar-refractivity contribution in [3.8, 4) is 11.5 Å². The van der Waals surface area contributed by atoms with Crippen molar-refractivity contribution < 1.29 is 28.6 Å². The minimum absolute atomic E-state index is 0.198. The third-order valence-electron chi connectivity index (χ3n) is 3.79. The van der Waals surface area contributed by atoms with Gasteiger partial charge in [-0.05, 0) is 42.5 Å². The van der Waals surface area contributed by atoms with Crippen LogP contribution in [0.15, 0.2) is 29.6 Å². The lowest BCUT2D eigenvalue weighted by atomic mass is 10.2. The van der Waals surface area contributed by atoms with Crippen LogP contribution in [0.2, 0.25) is 0 Å². The van der Waals surface area contributed by atoms with Gasteiger partial charge in [-0.15, -0.1) is 11.3 Å². The number of ether oxygens (including phenoxy) is 3. The van der Waals surface area contributed by atoms with E-state index in [0.29, 0.717) is 29.0 Å². The zero-order valence-electron chi connectivity index (χ0n) is 16.7. The smallest absolute Gasteiger partial charge is 0.339 e. The molecule has 1 aromatic carbocycles. The topological polar surface area (TPSA) is 117 Å². The van der Waals surface area contributed by atoms with Crippen LogP contribution >= 0.6 is 11.3 Å². The van der Waals surface area contributed by atoms with Gasteiger partial charge in [0.05, 0.1) is 24.8 Å². The summed E-state index contributed by atoms with van der Waals surface area (Å²) in [4.78, 5) is 36.1. The summed E-state index contributed by atoms with van der Waals surface area (Å²) in [6.07, 6.45) is -1.09. The number of esters is 1. The minimum atomic E-state index is -1.09. The van der Waals surface area contributed by atoms with Crippen molar-refractivity contribution in [2.45, 2.75) is 26.9 Å². The standard InChI is InChI=1S/C20H24N2O6S/c1-11(2)10-27-15-6-5-13(9-16(15)26-4)20(25)28-12(3)18(24)22-19-14(17(21)23)7-8-29-19/h5-9,11-12H,10H2,1-4H3,(H2,21,23)(H,22,24)/t12-/m1/s1. The number of hydrogen-bond donors (Lipinski definition) is 2.